The van der Waals surface area contributed by atoms with Gasteiger partial charge in [-0.2, -0.15) is 0 Å². The van der Waals surface area contributed by atoms with E-state index in [1.54, 1.807) is 31.4 Å². The van der Waals surface area contributed by atoms with Crippen LogP contribution in [0.3, 0.4) is 0 Å². The number of esters is 1. The second-order valence-electron chi connectivity index (χ2n) is 4.82. The van der Waals surface area contributed by atoms with Gasteiger partial charge < -0.3 is 13.9 Å². The molecular weight excluding hydrogens is 408 g/mol. The second-order valence-corrected chi connectivity index (χ2v) is 6.66. The van der Waals surface area contributed by atoms with Gasteiger partial charge in [-0.1, -0.05) is 33.8 Å². The lowest BCUT2D eigenvalue weighted by Crippen LogP contribution is -2.10. The lowest BCUT2D eigenvalue weighted by atomic mass is 10.2. The minimum absolute atomic E-state index is 0.0547. The fourth-order valence-electron chi connectivity index (χ4n) is 1.92. The van der Waals surface area contributed by atoms with Gasteiger partial charge in [0.25, 0.3) is 5.22 Å². The van der Waals surface area contributed by atoms with Gasteiger partial charge in [0.2, 0.25) is 5.89 Å². The number of carbonyl (C=O) groups is 1. The zero-order valence-corrected chi connectivity index (χ0v) is 15.5. The van der Waals surface area contributed by atoms with Crippen LogP contribution in [0.1, 0.15) is 0 Å². The van der Waals surface area contributed by atoms with Crippen LogP contribution in [0, 0.1) is 0 Å². The van der Waals surface area contributed by atoms with E-state index in [2.05, 4.69) is 26.1 Å². The number of benzene rings is 2. The van der Waals surface area contributed by atoms with E-state index in [9.17, 15) is 4.79 Å². The summed E-state index contributed by atoms with van der Waals surface area (Å²) in [6.07, 6.45) is 0. The third-order valence-corrected chi connectivity index (χ3v) is 4.40. The maximum Gasteiger partial charge on any atom is 0.321 e. The highest BCUT2D eigenvalue weighted by Gasteiger charge is 2.12. The molecule has 0 atom stereocenters. The van der Waals surface area contributed by atoms with Gasteiger partial charge in [0.15, 0.2) is 0 Å². The lowest BCUT2D eigenvalue weighted by molar-refractivity contribution is -0.131. The van der Waals surface area contributed by atoms with Gasteiger partial charge in [-0.15, -0.1) is 10.2 Å². The van der Waals surface area contributed by atoms with Crippen molar-refractivity contribution in [3.05, 3.63) is 53.0 Å². The van der Waals surface area contributed by atoms with Gasteiger partial charge in [-0.05, 0) is 36.4 Å². The highest BCUT2D eigenvalue weighted by Crippen LogP contribution is 2.25. The summed E-state index contributed by atoms with van der Waals surface area (Å²) in [6, 6.07) is 14.3. The molecule has 1 heterocycles. The Morgan fingerprint density at radius 1 is 1.16 bits per heavy atom. The van der Waals surface area contributed by atoms with Crippen LogP contribution in [0.25, 0.3) is 11.5 Å². The first-order chi connectivity index (χ1) is 12.1. The van der Waals surface area contributed by atoms with E-state index in [-0.39, 0.29) is 5.75 Å². The summed E-state index contributed by atoms with van der Waals surface area (Å²) >= 11 is 4.49. The van der Waals surface area contributed by atoms with Crippen molar-refractivity contribution in [2.24, 2.45) is 0 Å². The third kappa shape index (κ3) is 4.83. The van der Waals surface area contributed by atoms with Crippen LogP contribution in [0.2, 0.25) is 0 Å². The van der Waals surface area contributed by atoms with E-state index < -0.39 is 5.97 Å². The molecule has 0 saturated carbocycles. The molecule has 1 aromatic heterocycles. The summed E-state index contributed by atoms with van der Waals surface area (Å²) in [6.45, 7) is 0. The Balaban J connectivity index is 1.56. The van der Waals surface area contributed by atoms with Gasteiger partial charge in [0.1, 0.15) is 17.3 Å². The molecule has 0 aliphatic heterocycles. The number of halogens is 1. The average Bonchev–Trinajstić information content (AvgIpc) is 3.10. The SMILES string of the molecule is COc1cccc(OC(=O)CSc2nnc(-c3ccc(Br)cc3)o2)c1. The quantitative estimate of drug-likeness (QED) is 0.335. The summed E-state index contributed by atoms with van der Waals surface area (Å²) in [5.41, 5.74) is 0.807. The van der Waals surface area contributed by atoms with E-state index >= 15 is 0 Å². The number of thioether (sulfide) groups is 1. The van der Waals surface area contributed by atoms with Gasteiger partial charge >= 0.3 is 5.97 Å². The lowest BCUT2D eigenvalue weighted by Gasteiger charge is -2.05. The van der Waals surface area contributed by atoms with Crippen LogP contribution in [0.15, 0.2) is 62.6 Å². The summed E-state index contributed by atoms with van der Waals surface area (Å²) < 4.78 is 16.8. The summed E-state index contributed by atoms with van der Waals surface area (Å²) in [5, 5.41) is 8.21. The van der Waals surface area contributed by atoms with Crippen molar-refractivity contribution < 1.29 is 18.7 Å². The third-order valence-electron chi connectivity index (χ3n) is 3.08. The molecule has 0 bridgehead atoms. The maximum absolute atomic E-state index is 11.9. The van der Waals surface area contributed by atoms with E-state index in [0.717, 1.165) is 21.8 Å². The molecule has 128 valence electrons. The smallest absolute Gasteiger partial charge is 0.321 e. The number of methoxy groups -OCH3 is 1. The highest BCUT2D eigenvalue weighted by atomic mass is 79.9. The summed E-state index contributed by atoms with van der Waals surface area (Å²) in [5.74, 6) is 1.08. The predicted molar refractivity (Wildman–Crippen MR) is 96.8 cm³/mol. The Morgan fingerprint density at radius 3 is 2.68 bits per heavy atom. The fourth-order valence-corrected chi connectivity index (χ4v) is 2.72. The second kappa shape index (κ2) is 8.17. The number of ether oxygens (including phenoxy) is 2. The molecule has 0 unspecified atom stereocenters. The summed E-state index contributed by atoms with van der Waals surface area (Å²) in [7, 11) is 1.55. The van der Waals surface area contributed by atoms with Gasteiger partial charge in [0.05, 0.1) is 7.11 Å². The van der Waals surface area contributed by atoms with Crippen molar-refractivity contribution in [1.82, 2.24) is 10.2 Å². The predicted octanol–water partition coefficient (Wildman–Crippen LogP) is 4.21. The molecule has 2 aromatic carbocycles. The first-order valence-electron chi connectivity index (χ1n) is 7.21. The minimum Gasteiger partial charge on any atom is -0.497 e. The zero-order chi connectivity index (χ0) is 17.6. The van der Waals surface area contributed by atoms with Gasteiger partial charge in [0, 0.05) is 16.1 Å². The molecule has 0 spiro atoms. The van der Waals surface area contributed by atoms with Crippen LogP contribution in [0.5, 0.6) is 11.5 Å². The molecule has 0 fully saturated rings. The Hall–Kier alpha value is -2.32. The number of hydrogen-bond donors (Lipinski definition) is 0. The van der Waals surface area contributed by atoms with Crippen LogP contribution in [-0.2, 0) is 4.79 Å². The first kappa shape index (κ1) is 17.5. The van der Waals surface area contributed by atoms with Crippen molar-refractivity contribution >= 4 is 33.7 Å². The maximum atomic E-state index is 11.9. The number of carbonyl (C=O) groups excluding carboxylic acids is 1. The first-order valence-corrected chi connectivity index (χ1v) is 8.99. The number of aromatic nitrogens is 2. The molecule has 0 aliphatic rings. The van der Waals surface area contributed by atoms with Crippen molar-refractivity contribution in [2.45, 2.75) is 5.22 Å². The summed E-state index contributed by atoms with van der Waals surface area (Å²) in [4.78, 5) is 11.9. The van der Waals surface area contributed by atoms with Crippen molar-refractivity contribution in [2.75, 3.05) is 12.9 Å². The Bertz CT molecular complexity index is 867. The molecule has 8 heteroatoms. The molecule has 0 radical (unpaired) electrons. The van der Waals surface area contributed by atoms with E-state index in [1.165, 1.54) is 0 Å². The molecule has 3 rings (SSSR count). The molecule has 0 amide bonds. The van der Waals surface area contributed by atoms with E-state index in [0.29, 0.717) is 22.6 Å². The highest BCUT2D eigenvalue weighted by molar-refractivity contribution is 9.10. The topological polar surface area (TPSA) is 74.5 Å². The Kier molecular flexibility index (Phi) is 5.72. The molecule has 25 heavy (non-hydrogen) atoms. The fraction of sp³-hybridized carbons (Fsp3) is 0.118. The normalized spacial score (nSPS) is 10.5. The molecular formula is C17H13BrN2O4S. The van der Waals surface area contributed by atoms with Gasteiger partial charge in [-0.25, -0.2) is 0 Å². The van der Waals surface area contributed by atoms with Crippen molar-refractivity contribution in [1.29, 1.82) is 0 Å². The molecule has 0 aliphatic carbocycles. The molecule has 3 aromatic rings. The van der Waals surface area contributed by atoms with Crippen molar-refractivity contribution in [3.8, 4) is 23.0 Å². The van der Waals surface area contributed by atoms with Crippen molar-refractivity contribution in [3.63, 3.8) is 0 Å². The Morgan fingerprint density at radius 2 is 1.92 bits per heavy atom. The Labute approximate surface area is 156 Å². The number of hydrogen-bond acceptors (Lipinski definition) is 7. The zero-order valence-electron chi connectivity index (χ0n) is 13.1. The monoisotopic (exact) mass is 420 g/mol. The van der Waals surface area contributed by atoms with Crippen LogP contribution in [-0.4, -0.2) is 29.0 Å². The minimum atomic E-state index is -0.415. The number of rotatable bonds is 6. The number of nitrogens with zero attached hydrogens (tertiary/aromatic N) is 2. The van der Waals surface area contributed by atoms with Crippen LogP contribution in [0.4, 0.5) is 0 Å². The average molecular weight is 421 g/mol. The largest absolute Gasteiger partial charge is 0.497 e. The molecule has 6 nitrogen and oxygen atoms in total. The van der Waals surface area contributed by atoms with Gasteiger partial charge in [-0.3, -0.25) is 4.79 Å². The standard InChI is InChI=1S/C17H13BrN2O4S/c1-22-13-3-2-4-14(9-13)23-15(21)10-25-17-20-19-16(24-17)11-5-7-12(18)8-6-11/h2-9H,10H2,1H3. The van der Waals surface area contributed by atoms with Crippen LogP contribution < -0.4 is 9.47 Å². The van der Waals surface area contributed by atoms with E-state index in [1.807, 2.05) is 24.3 Å². The molecule has 0 N–H and O–H groups in total. The molecule has 0 saturated heterocycles. The van der Waals surface area contributed by atoms with E-state index in [4.69, 9.17) is 13.9 Å². The van der Waals surface area contributed by atoms with Crippen LogP contribution >= 0.6 is 27.7 Å².